The molecule has 3 N–H and O–H groups in total. The molecule has 5 aromatic rings. The molecular formula is C26H25N5OS. The first-order chi connectivity index (χ1) is 16.1. The number of para-hydroxylation sites is 2. The Bertz CT molecular complexity index is 1440. The molecule has 0 fully saturated rings. The molecule has 1 amide bonds. The minimum atomic E-state index is -0.259. The highest BCUT2D eigenvalue weighted by Crippen LogP contribution is 2.32. The van der Waals surface area contributed by atoms with Crippen LogP contribution in [0.25, 0.3) is 27.9 Å². The molecule has 166 valence electrons. The molecule has 5 rings (SSSR count). The quantitative estimate of drug-likeness (QED) is 0.346. The van der Waals surface area contributed by atoms with Gasteiger partial charge in [0.15, 0.2) is 5.65 Å². The van der Waals surface area contributed by atoms with Crippen molar-refractivity contribution in [3.63, 3.8) is 0 Å². The fourth-order valence-corrected chi connectivity index (χ4v) is 4.65. The topological polar surface area (TPSA) is 85.8 Å². The predicted octanol–water partition coefficient (Wildman–Crippen LogP) is 5.66. The van der Waals surface area contributed by atoms with E-state index in [2.05, 4.69) is 31.3 Å². The molecule has 0 unspecified atom stereocenters. The summed E-state index contributed by atoms with van der Waals surface area (Å²) in [4.78, 5) is 24.0. The Balaban J connectivity index is 1.65. The van der Waals surface area contributed by atoms with Gasteiger partial charge in [0.25, 0.3) is 5.91 Å². The zero-order chi connectivity index (χ0) is 22.9. The van der Waals surface area contributed by atoms with E-state index < -0.39 is 0 Å². The van der Waals surface area contributed by atoms with E-state index in [4.69, 9.17) is 15.7 Å². The Hall–Kier alpha value is -3.71. The third-order valence-corrected chi connectivity index (χ3v) is 6.94. The number of fused-ring (bicyclic) bond motifs is 2. The number of thiophene rings is 1. The number of carbonyl (C=O) groups excluding carboxylic acids is 1. The largest absolute Gasteiger partial charge is 0.384 e. The van der Waals surface area contributed by atoms with E-state index in [-0.39, 0.29) is 5.91 Å². The van der Waals surface area contributed by atoms with Crippen LogP contribution in [0.5, 0.6) is 0 Å². The molecule has 0 aliphatic rings. The highest BCUT2D eigenvalue weighted by atomic mass is 32.1. The number of hydrogen-bond donors (Lipinski definition) is 2. The molecule has 0 spiro atoms. The summed E-state index contributed by atoms with van der Waals surface area (Å²) in [6.07, 6.45) is 1.07. The molecule has 7 heteroatoms. The van der Waals surface area contributed by atoms with Gasteiger partial charge in [0.1, 0.15) is 16.9 Å². The fraction of sp³-hybridized carbons (Fsp3) is 0.192. The number of nitrogens with zero attached hydrogens (tertiary/aromatic N) is 3. The van der Waals surface area contributed by atoms with Crippen molar-refractivity contribution in [3.8, 4) is 5.69 Å². The van der Waals surface area contributed by atoms with Gasteiger partial charge in [0.2, 0.25) is 0 Å². The number of carbonyl (C=O) groups is 1. The summed E-state index contributed by atoms with van der Waals surface area (Å²) in [7, 11) is 0. The number of nitrogens with one attached hydrogen (secondary N) is 1. The summed E-state index contributed by atoms with van der Waals surface area (Å²) >= 11 is 1.60. The third kappa shape index (κ3) is 3.85. The lowest BCUT2D eigenvalue weighted by molar-refractivity contribution is 0.0953. The zero-order valence-corrected chi connectivity index (χ0v) is 19.4. The van der Waals surface area contributed by atoms with Gasteiger partial charge in [-0.05, 0) is 53.6 Å². The van der Waals surface area contributed by atoms with Crippen LogP contribution >= 0.6 is 11.3 Å². The Morgan fingerprint density at radius 2 is 1.79 bits per heavy atom. The van der Waals surface area contributed by atoms with Crippen molar-refractivity contribution < 1.29 is 4.79 Å². The maximum atomic E-state index is 13.3. The monoisotopic (exact) mass is 455 g/mol. The normalized spacial score (nSPS) is 12.3. The Labute approximate surface area is 196 Å². The van der Waals surface area contributed by atoms with E-state index in [1.807, 2.05) is 58.5 Å². The molecule has 33 heavy (non-hydrogen) atoms. The van der Waals surface area contributed by atoms with E-state index in [0.717, 1.165) is 28.0 Å². The Morgan fingerprint density at radius 1 is 1.06 bits per heavy atom. The molecule has 0 saturated heterocycles. The number of nitrogens with two attached hydrogens (primary N) is 1. The minimum absolute atomic E-state index is 0.259. The maximum Gasteiger partial charge on any atom is 0.257 e. The molecular weight excluding hydrogens is 430 g/mol. The molecule has 0 aliphatic heterocycles. The van der Waals surface area contributed by atoms with Gasteiger partial charge >= 0.3 is 0 Å². The first kappa shape index (κ1) is 21.2. The van der Waals surface area contributed by atoms with Gasteiger partial charge in [-0.2, -0.15) is 0 Å². The maximum absolute atomic E-state index is 13.3. The third-order valence-electron chi connectivity index (χ3n) is 6.06. The van der Waals surface area contributed by atoms with Crippen LogP contribution in [-0.4, -0.2) is 20.4 Å². The number of anilines is 1. The minimum Gasteiger partial charge on any atom is -0.384 e. The highest BCUT2D eigenvalue weighted by Gasteiger charge is 2.25. The Morgan fingerprint density at radius 3 is 2.45 bits per heavy atom. The standard InChI is InChI=1S/C26H25N5OS/c1-3-16(2)17-10-12-18(13-11-17)31-24(27)22(26(32)28-15-19-7-6-14-33-19)23-25(31)30-21-9-5-4-8-20(21)29-23/h4-14,16H,3,15,27H2,1-2H3,(H,28,32)/t16-/m1/s1. The average molecular weight is 456 g/mol. The smallest absolute Gasteiger partial charge is 0.257 e. The van der Waals surface area contributed by atoms with Gasteiger partial charge in [-0.15, -0.1) is 11.3 Å². The van der Waals surface area contributed by atoms with Gasteiger partial charge in [0.05, 0.1) is 17.6 Å². The molecule has 6 nitrogen and oxygen atoms in total. The number of benzene rings is 2. The number of aromatic nitrogens is 3. The summed E-state index contributed by atoms with van der Waals surface area (Å²) in [5.41, 5.74) is 11.6. The lowest BCUT2D eigenvalue weighted by atomic mass is 9.99. The zero-order valence-electron chi connectivity index (χ0n) is 18.6. The van der Waals surface area contributed by atoms with Gasteiger partial charge in [0, 0.05) is 10.6 Å². The second-order valence-electron chi connectivity index (χ2n) is 8.14. The van der Waals surface area contributed by atoms with Crippen molar-refractivity contribution in [2.45, 2.75) is 32.7 Å². The van der Waals surface area contributed by atoms with E-state index in [1.165, 1.54) is 5.56 Å². The van der Waals surface area contributed by atoms with Crippen LogP contribution in [0.3, 0.4) is 0 Å². The lowest BCUT2D eigenvalue weighted by Gasteiger charge is -2.12. The summed E-state index contributed by atoms with van der Waals surface area (Å²) in [6.45, 7) is 4.83. The molecule has 0 aliphatic carbocycles. The van der Waals surface area contributed by atoms with Crippen molar-refractivity contribution in [2.75, 3.05) is 5.73 Å². The SMILES string of the molecule is CC[C@@H](C)c1ccc(-n2c(N)c(C(=O)NCc3cccs3)c3nc4ccccc4nc32)cc1. The Kier molecular flexibility index (Phi) is 5.56. The van der Waals surface area contributed by atoms with Crippen molar-refractivity contribution in [3.05, 3.63) is 82.0 Å². The molecule has 2 aromatic carbocycles. The second-order valence-corrected chi connectivity index (χ2v) is 9.18. The van der Waals surface area contributed by atoms with E-state index in [9.17, 15) is 4.79 Å². The van der Waals surface area contributed by atoms with E-state index in [1.54, 1.807) is 11.3 Å². The fourth-order valence-electron chi connectivity index (χ4n) is 4.00. The average Bonchev–Trinajstić information content (AvgIpc) is 3.46. The number of hydrogen-bond acceptors (Lipinski definition) is 5. The van der Waals surface area contributed by atoms with Crippen molar-refractivity contribution in [2.24, 2.45) is 0 Å². The van der Waals surface area contributed by atoms with Crippen LogP contribution in [-0.2, 0) is 6.54 Å². The van der Waals surface area contributed by atoms with Crippen molar-refractivity contribution >= 4 is 45.3 Å². The summed E-state index contributed by atoms with van der Waals surface area (Å²) in [6, 6.07) is 19.9. The molecule has 3 heterocycles. The molecule has 1 atom stereocenters. The summed E-state index contributed by atoms with van der Waals surface area (Å²) in [5, 5.41) is 4.98. The van der Waals surface area contributed by atoms with Gasteiger partial charge in [-0.25, -0.2) is 9.97 Å². The molecule has 0 bridgehead atoms. The van der Waals surface area contributed by atoms with Gasteiger partial charge < -0.3 is 11.1 Å². The predicted molar refractivity (Wildman–Crippen MR) is 135 cm³/mol. The van der Waals surface area contributed by atoms with Crippen LogP contribution in [0.15, 0.2) is 66.0 Å². The van der Waals surface area contributed by atoms with Crippen LogP contribution in [0.2, 0.25) is 0 Å². The second kappa shape index (κ2) is 8.67. The van der Waals surface area contributed by atoms with Crippen LogP contribution in [0.1, 0.15) is 47.0 Å². The van der Waals surface area contributed by atoms with Gasteiger partial charge in [-0.1, -0.05) is 44.2 Å². The first-order valence-electron chi connectivity index (χ1n) is 11.0. The summed E-state index contributed by atoms with van der Waals surface area (Å²) in [5.74, 6) is 0.547. The van der Waals surface area contributed by atoms with Crippen molar-refractivity contribution in [1.82, 2.24) is 19.9 Å². The van der Waals surface area contributed by atoms with Crippen LogP contribution in [0.4, 0.5) is 5.82 Å². The van der Waals surface area contributed by atoms with Gasteiger partial charge in [-0.3, -0.25) is 9.36 Å². The summed E-state index contributed by atoms with van der Waals surface area (Å²) < 4.78 is 1.83. The molecule has 0 saturated carbocycles. The highest BCUT2D eigenvalue weighted by molar-refractivity contribution is 7.09. The molecule has 0 radical (unpaired) electrons. The molecule has 3 aromatic heterocycles. The van der Waals surface area contributed by atoms with Crippen LogP contribution in [0, 0.1) is 0 Å². The van der Waals surface area contributed by atoms with E-state index >= 15 is 0 Å². The number of amides is 1. The van der Waals surface area contributed by atoms with Crippen LogP contribution < -0.4 is 11.1 Å². The van der Waals surface area contributed by atoms with E-state index in [0.29, 0.717) is 35.0 Å². The number of rotatable bonds is 6. The first-order valence-corrected chi connectivity index (χ1v) is 11.9. The van der Waals surface area contributed by atoms with Crippen molar-refractivity contribution in [1.29, 1.82) is 0 Å². The number of nitrogen functional groups attached to an aromatic ring is 1. The lowest BCUT2D eigenvalue weighted by Crippen LogP contribution is -2.23.